The standard InChI is InChI=1S/2C4H4N2O2.Fe/c2*7-4(8)3-1-2-5-6-3;/h2*1-2H,(H,5,6)(H,7,8);/q;;+2/p-2. The van der Waals surface area contributed by atoms with Gasteiger partial charge in [-0.15, -0.1) is 0 Å². The molecule has 2 aromatic rings. The zero-order valence-corrected chi connectivity index (χ0v) is 9.29. The Kier molecular flexibility index (Phi) is 6.30. The van der Waals surface area contributed by atoms with Gasteiger partial charge in [0.15, 0.2) is 0 Å². The Balaban J connectivity index is 0.000000284. The van der Waals surface area contributed by atoms with E-state index in [0.717, 1.165) is 0 Å². The van der Waals surface area contributed by atoms with Crippen LogP contribution in [0.5, 0.6) is 0 Å². The van der Waals surface area contributed by atoms with Gasteiger partial charge in [0, 0.05) is 12.4 Å². The van der Waals surface area contributed by atoms with Crippen molar-refractivity contribution in [3.05, 3.63) is 35.9 Å². The average molecular weight is 278 g/mol. The number of carbonyl (C=O) groups excluding carboxylic acids is 2. The number of carbonyl (C=O) groups is 2. The van der Waals surface area contributed by atoms with Gasteiger partial charge in [-0.25, -0.2) is 0 Å². The van der Waals surface area contributed by atoms with E-state index in [1.165, 1.54) is 24.5 Å². The quantitative estimate of drug-likeness (QED) is 0.584. The van der Waals surface area contributed by atoms with Gasteiger partial charge in [-0.05, 0) is 12.1 Å². The number of rotatable bonds is 2. The average Bonchev–Trinajstić information content (AvgIpc) is 2.93. The van der Waals surface area contributed by atoms with E-state index in [4.69, 9.17) is 0 Å². The van der Waals surface area contributed by atoms with Crippen LogP contribution in [0.1, 0.15) is 21.0 Å². The minimum Gasteiger partial charge on any atom is -0.543 e. The molecule has 2 rings (SSSR count). The number of nitrogens with one attached hydrogen (secondary N) is 2. The third kappa shape index (κ3) is 4.96. The van der Waals surface area contributed by atoms with Gasteiger partial charge in [0.05, 0.1) is 23.3 Å². The first-order chi connectivity index (χ1) is 7.61. The molecule has 0 saturated carbocycles. The second-order valence-corrected chi connectivity index (χ2v) is 2.52. The van der Waals surface area contributed by atoms with Crippen LogP contribution in [0, 0.1) is 0 Å². The third-order valence-electron chi connectivity index (χ3n) is 1.44. The molecule has 0 unspecified atom stereocenters. The fourth-order valence-electron chi connectivity index (χ4n) is 0.739. The second kappa shape index (κ2) is 7.20. The molecule has 0 spiro atoms. The zero-order chi connectivity index (χ0) is 12.0. The van der Waals surface area contributed by atoms with Crippen molar-refractivity contribution in [2.45, 2.75) is 0 Å². The summed E-state index contributed by atoms with van der Waals surface area (Å²) < 4.78 is 0. The van der Waals surface area contributed by atoms with Crippen molar-refractivity contribution in [2.75, 3.05) is 0 Å². The van der Waals surface area contributed by atoms with E-state index < -0.39 is 11.9 Å². The first-order valence-electron chi connectivity index (χ1n) is 4.02. The topological polar surface area (TPSA) is 138 Å². The molecule has 0 fully saturated rings. The molecule has 2 aromatic heterocycles. The Bertz CT molecular complexity index is 410. The van der Waals surface area contributed by atoms with Gasteiger partial charge in [0.1, 0.15) is 0 Å². The van der Waals surface area contributed by atoms with E-state index in [2.05, 4.69) is 20.4 Å². The van der Waals surface area contributed by atoms with Crippen LogP contribution < -0.4 is 10.2 Å². The van der Waals surface area contributed by atoms with Crippen LogP contribution in [0.3, 0.4) is 0 Å². The molecule has 9 heteroatoms. The smallest absolute Gasteiger partial charge is 0.543 e. The van der Waals surface area contributed by atoms with Gasteiger partial charge in [-0.2, -0.15) is 10.2 Å². The number of carboxylic acids is 2. The van der Waals surface area contributed by atoms with E-state index in [0.29, 0.717) is 0 Å². The van der Waals surface area contributed by atoms with Crippen molar-refractivity contribution in [3.63, 3.8) is 0 Å². The van der Waals surface area contributed by atoms with Crippen molar-refractivity contribution in [3.8, 4) is 0 Å². The summed E-state index contributed by atoms with van der Waals surface area (Å²) >= 11 is 0. The van der Waals surface area contributed by atoms with Gasteiger partial charge in [0.25, 0.3) is 0 Å². The van der Waals surface area contributed by atoms with Crippen LogP contribution in [0.4, 0.5) is 0 Å². The maximum atomic E-state index is 9.88. The van der Waals surface area contributed by atoms with Gasteiger partial charge < -0.3 is 19.8 Å². The van der Waals surface area contributed by atoms with Crippen LogP contribution in [0.2, 0.25) is 0 Å². The van der Waals surface area contributed by atoms with E-state index >= 15 is 0 Å². The molecule has 0 atom stereocenters. The zero-order valence-electron chi connectivity index (χ0n) is 8.19. The predicted octanol–water partition coefficient (Wildman–Crippen LogP) is -2.46. The van der Waals surface area contributed by atoms with Crippen molar-refractivity contribution < 1.29 is 36.9 Å². The summed E-state index contributed by atoms with van der Waals surface area (Å²) in [5.41, 5.74) is 0.00926. The monoisotopic (exact) mass is 278 g/mol. The van der Waals surface area contributed by atoms with E-state index in [1.54, 1.807) is 0 Å². The Hall–Kier alpha value is -2.12. The van der Waals surface area contributed by atoms with Gasteiger partial charge >= 0.3 is 17.1 Å². The van der Waals surface area contributed by atoms with Crippen LogP contribution >= 0.6 is 0 Å². The van der Waals surface area contributed by atoms with Crippen LogP contribution in [0.15, 0.2) is 24.5 Å². The fourth-order valence-corrected chi connectivity index (χ4v) is 0.739. The molecule has 0 aliphatic carbocycles. The molecule has 0 amide bonds. The van der Waals surface area contributed by atoms with E-state index in [1.807, 2.05) is 0 Å². The molecule has 0 aromatic carbocycles. The molecule has 2 N–H and O–H groups in total. The Morgan fingerprint density at radius 1 is 0.941 bits per heavy atom. The van der Waals surface area contributed by atoms with Crippen molar-refractivity contribution >= 4 is 11.9 Å². The van der Waals surface area contributed by atoms with E-state index in [9.17, 15) is 19.8 Å². The summed E-state index contributed by atoms with van der Waals surface area (Å²) in [6, 6.07) is 2.66. The summed E-state index contributed by atoms with van der Waals surface area (Å²) in [7, 11) is 0. The van der Waals surface area contributed by atoms with Crippen molar-refractivity contribution in [1.82, 2.24) is 20.4 Å². The third-order valence-corrected chi connectivity index (χ3v) is 1.44. The van der Waals surface area contributed by atoms with Gasteiger partial charge in [-0.3, -0.25) is 10.2 Å². The molecule has 2 heterocycles. The minimum absolute atomic E-state index is 0. The predicted molar refractivity (Wildman–Crippen MR) is 45.8 cm³/mol. The minimum atomic E-state index is -1.23. The Labute approximate surface area is 106 Å². The SMILES string of the molecule is O=C([O-])c1ccn[nH]1.O=C([O-])c1ccn[nH]1.[Fe+2]. The van der Waals surface area contributed by atoms with Crippen LogP contribution in [-0.4, -0.2) is 32.3 Å². The summed E-state index contributed by atoms with van der Waals surface area (Å²) in [6.45, 7) is 0. The number of H-pyrrole nitrogens is 2. The van der Waals surface area contributed by atoms with Crippen LogP contribution in [0.25, 0.3) is 0 Å². The molecule has 0 saturated heterocycles. The molecule has 0 bridgehead atoms. The molecule has 90 valence electrons. The summed E-state index contributed by atoms with van der Waals surface area (Å²) in [5, 5.41) is 31.0. The molecular weight excluding hydrogens is 272 g/mol. The van der Waals surface area contributed by atoms with Gasteiger partial charge in [0.2, 0.25) is 0 Å². The maximum absolute atomic E-state index is 9.88. The molecule has 17 heavy (non-hydrogen) atoms. The second-order valence-electron chi connectivity index (χ2n) is 2.52. The molecule has 0 aliphatic rings. The molecule has 0 radical (unpaired) electrons. The summed E-state index contributed by atoms with van der Waals surface area (Å²) in [4.78, 5) is 19.8. The number of aromatic carboxylic acids is 2. The maximum Gasteiger partial charge on any atom is 2.00 e. The number of nitrogens with zero attached hydrogens (tertiary/aromatic N) is 2. The number of hydrogen-bond acceptors (Lipinski definition) is 6. The van der Waals surface area contributed by atoms with Crippen molar-refractivity contribution in [2.24, 2.45) is 0 Å². The number of hydrogen-bond donors (Lipinski definition) is 2. The number of carboxylic acid groups (broad SMARTS) is 2. The van der Waals surface area contributed by atoms with Gasteiger partial charge in [-0.1, -0.05) is 0 Å². The molecule has 8 nitrogen and oxygen atoms in total. The summed E-state index contributed by atoms with van der Waals surface area (Å²) in [6.07, 6.45) is 2.70. The van der Waals surface area contributed by atoms with Crippen molar-refractivity contribution in [1.29, 1.82) is 0 Å². The Morgan fingerprint density at radius 3 is 1.41 bits per heavy atom. The summed E-state index contributed by atoms with van der Waals surface area (Å²) in [5.74, 6) is -2.47. The normalized spacial score (nSPS) is 8.47. The van der Waals surface area contributed by atoms with Crippen LogP contribution in [-0.2, 0) is 17.1 Å². The molecule has 0 aliphatic heterocycles. The largest absolute Gasteiger partial charge is 2.00 e. The number of aromatic nitrogens is 4. The fraction of sp³-hybridized carbons (Fsp3) is 0. The number of aromatic amines is 2. The molecular formula is C8H6FeN4O4. The first kappa shape index (κ1) is 14.9. The first-order valence-corrected chi connectivity index (χ1v) is 4.02. The Morgan fingerprint density at radius 2 is 1.29 bits per heavy atom. The van der Waals surface area contributed by atoms with E-state index in [-0.39, 0.29) is 28.5 Å².